The lowest BCUT2D eigenvalue weighted by atomic mass is 9.97. The van der Waals surface area contributed by atoms with E-state index >= 15 is 0 Å². The Hall–Kier alpha value is -2.73. The van der Waals surface area contributed by atoms with Gasteiger partial charge in [-0.25, -0.2) is 0 Å². The predicted molar refractivity (Wildman–Crippen MR) is 96.7 cm³/mol. The van der Waals surface area contributed by atoms with Crippen molar-refractivity contribution >= 4 is 29.2 Å². The van der Waals surface area contributed by atoms with Crippen molar-refractivity contribution in [1.82, 2.24) is 0 Å². The normalized spacial score (nSPS) is 15.4. The molecular formula is C19H18ClNO5. The SMILES string of the molecule is COc1cccc(NC(=O)COC(=O)[C@H]2COc3ccc(Cl)cc3C2)c1. The number of halogens is 1. The highest BCUT2D eigenvalue weighted by atomic mass is 35.5. The summed E-state index contributed by atoms with van der Waals surface area (Å²) in [6, 6.07) is 12.2. The highest BCUT2D eigenvalue weighted by Crippen LogP contribution is 2.30. The number of rotatable bonds is 5. The molecule has 1 heterocycles. The highest BCUT2D eigenvalue weighted by Gasteiger charge is 2.28. The second-order valence-electron chi connectivity index (χ2n) is 5.85. The Bertz CT molecular complexity index is 823. The fraction of sp³-hybridized carbons (Fsp3) is 0.263. The molecule has 0 aliphatic carbocycles. The number of anilines is 1. The van der Waals surface area contributed by atoms with Crippen molar-refractivity contribution < 1.29 is 23.8 Å². The van der Waals surface area contributed by atoms with Crippen LogP contribution in [0.2, 0.25) is 5.02 Å². The minimum atomic E-state index is -0.476. The third kappa shape index (κ3) is 4.46. The van der Waals surface area contributed by atoms with E-state index in [0.717, 1.165) is 5.56 Å². The number of methoxy groups -OCH3 is 1. The smallest absolute Gasteiger partial charge is 0.313 e. The Kier molecular flexibility index (Phi) is 5.63. The van der Waals surface area contributed by atoms with Crippen molar-refractivity contribution in [2.45, 2.75) is 6.42 Å². The van der Waals surface area contributed by atoms with Crippen molar-refractivity contribution in [3.05, 3.63) is 53.1 Å². The summed E-state index contributed by atoms with van der Waals surface area (Å²) in [5.41, 5.74) is 1.42. The van der Waals surface area contributed by atoms with E-state index in [2.05, 4.69) is 5.32 Å². The minimum Gasteiger partial charge on any atom is -0.497 e. The molecule has 0 radical (unpaired) electrons. The average Bonchev–Trinajstić information content (AvgIpc) is 2.65. The number of nitrogens with one attached hydrogen (secondary N) is 1. The van der Waals surface area contributed by atoms with Crippen LogP contribution in [0.3, 0.4) is 0 Å². The monoisotopic (exact) mass is 375 g/mol. The first-order valence-electron chi connectivity index (χ1n) is 8.07. The fourth-order valence-corrected chi connectivity index (χ4v) is 2.86. The summed E-state index contributed by atoms with van der Waals surface area (Å²) in [5.74, 6) is -0.0283. The standard InChI is InChI=1S/C19H18ClNO5/c1-24-16-4-2-3-15(9-16)21-18(22)11-26-19(23)13-7-12-8-14(20)5-6-17(12)25-10-13/h2-6,8-9,13H,7,10-11H2,1H3,(H,21,22)/t13-/m1/s1. The lowest BCUT2D eigenvalue weighted by Gasteiger charge is -2.24. The molecule has 2 aromatic rings. The van der Waals surface area contributed by atoms with E-state index in [1.807, 2.05) is 0 Å². The molecule has 0 aromatic heterocycles. The molecular weight excluding hydrogens is 358 g/mol. The molecule has 0 unspecified atom stereocenters. The number of benzene rings is 2. The summed E-state index contributed by atoms with van der Waals surface area (Å²) in [6.45, 7) is -0.153. The van der Waals surface area contributed by atoms with Gasteiger partial charge >= 0.3 is 5.97 Å². The molecule has 6 nitrogen and oxygen atoms in total. The number of hydrogen-bond donors (Lipinski definition) is 1. The van der Waals surface area contributed by atoms with E-state index in [1.54, 1.807) is 49.6 Å². The number of esters is 1. The number of carbonyl (C=O) groups excluding carboxylic acids is 2. The van der Waals surface area contributed by atoms with Crippen molar-refractivity contribution in [2.75, 3.05) is 25.6 Å². The number of ether oxygens (including phenoxy) is 3. The van der Waals surface area contributed by atoms with E-state index in [1.165, 1.54) is 0 Å². The first-order chi connectivity index (χ1) is 12.5. The predicted octanol–water partition coefficient (Wildman–Crippen LogP) is 3.08. The Balaban J connectivity index is 1.51. The molecule has 7 heteroatoms. The Labute approximate surface area is 156 Å². The van der Waals surface area contributed by atoms with Gasteiger partial charge in [-0.2, -0.15) is 0 Å². The molecule has 1 N–H and O–H groups in total. The number of fused-ring (bicyclic) bond motifs is 1. The average molecular weight is 376 g/mol. The van der Waals surface area contributed by atoms with Gasteiger partial charge < -0.3 is 19.5 Å². The zero-order valence-corrected chi connectivity index (χ0v) is 14.9. The molecule has 0 saturated heterocycles. The number of amides is 1. The third-order valence-corrected chi connectivity index (χ3v) is 4.20. The summed E-state index contributed by atoms with van der Waals surface area (Å²) < 4.78 is 15.8. The van der Waals surface area contributed by atoms with Crippen LogP contribution >= 0.6 is 11.6 Å². The van der Waals surface area contributed by atoms with Crippen LogP contribution < -0.4 is 14.8 Å². The van der Waals surface area contributed by atoms with Crippen LogP contribution in [0.25, 0.3) is 0 Å². The quantitative estimate of drug-likeness (QED) is 0.813. The van der Waals surface area contributed by atoms with Gasteiger partial charge in [-0.05, 0) is 42.3 Å². The van der Waals surface area contributed by atoms with Gasteiger partial charge in [-0.3, -0.25) is 9.59 Å². The molecule has 2 aromatic carbocycles. The van der Waals surface area contributed by atoms with E-state index in [-0.39, 0.29) is 13.2 Å². The van der Waals surface area contributed by atoms with Crippen LogP contribution in [0.15, 0.2) is 42.5 Å². The van der Waals surface area contributed by atoms with Crippen LogP contribution in [0.1, 0.15) is 5.56 Å². The zero-order valence-electron chi connectivity index (χ0n) is 14.2. The van der Waals surface area contributed by atoms with Crippen LogP contribution in [0, 0.1) is 5.92 Å². The van der Waals surface area contributed by atoms with Gasteiger partial charge in [0.2, 0.25) is 0 Å². The molecule has 1 atom stereocenters. The first kappa shape index (κ1) is 18.1. The van der Waals surface area contributed by atoms with E-state index in [0.29, 0.717) is 28.6 Å². The zero-order chi connectivity index (χ0) is 18.5. The molecule has 136 valence electrons. The molecule has 0 bridgehead atoms. The van der Waals surface area contributed by atoms with Gasteiger partial charge in [0, 0.05) is 16.8 Å². The lowest BCUT2D eigenvalue weighted by molar-refractivity contribution is -0.152. The summed E-state index contributed by atoms with van der Waals surface area (Å²) in [6.07, 6.45) is 0.465. The first-order valence-corrected chi connectivity index (χ1v) is 8.44. The van der Waals surface area contributed by atoms with Crippen molar-refractivity contribution in [1.29, 1.82) is 0 Å². The summed E-state index contributed by atoms with van der Waals surface area (Å²) in [7, 11) is 1.54. The maximum absolute atomic E-state index is 12.2. The molecule has 0 saturated carbocycles. The van der Waals surface area contributed by atoms with Crippen molar-refractivity contribution in [2.24, 2.45) is 5.92 Å². The van der Waals surface area contributed by atoms with E-state index in [4.69, 9.17) is 25.8 Å². The molecule has 0 spiro atoms. The van der Waals surface area contributed by atoms with Gasteiger partial charge in [-0.1, -0.05) is 17.7 Å². The molecule has 1 aliphatic rings. The molecule has 0 fully saturated rings. The molecule has 3 rings (SSSR count). The summed E-state index contributed by atoms with van der Waals surface area (Å²) >= 11 is 5.97. The molecule has 1 aliphatic heterocycles. The third-order valence-electron chi connectivity index (χ3n) is 3.96. The van der Waals surface area contributed by atoms with Crippen LogP contribution in [0.4, 0.5) is 5.69 Å². The van der Waals surface area contributed by atoms with Crippen molar-refractivity contribution in [3.63, 3.8) is 0 Å². The number of carbonyl (C=O) groups is 2. The summed E-state index contributed by atoms with van der Waals surface area (Å²) in [5, 5.41) is 3.24. The molecule has 26 heavy (non-hydrogen) atoms. The van der Waals surface area contributed by atoms with Gasteiger partial charge in [0.25, 0.3) is 5.91 Å². The van der Waals surface area contributed by atoms with Gasteiger partial charge in [0.1, 0.15) is 18.1 Å². The van der Waals surface area contributed by atoms with Crippen LogP contribution in [0.5, 0.6) is 11.5 Å². The highest BCUT2D eigenvalue weighted by molar-refractivity contribution is 6.30. The lowest BCUT2D eigenvalue weighted by Crippen LogP contribution is -2.31. The largest absolute Gasteiger partial charge is 0.497 e. The minimum absolute atomic E-state index is 0.213. The van der Waals surface area contributed by atoms with Gasteiger partial charge in [-0.15, -0.1) is 0 Å². The Morgan fingerprint density at radius 2 is 2.12 bits per heavy atom. The second kappa shape index (κ2) is 8.10. The summed E-state index contributed by atoms with van der Waals surface area (Å²) in [4.78, 5) is 24.2. The maximum atomic E-state index is 12.2. The Morgan fingerprint density at radius 1 is 1.27 bits per heavy atom. The van der Waals surface area contributed by atoms with Crippen LogP contribution in [-0.4, -0.2) is 32.2 Å². The van der Waals surface area contributed by atoms with Crippen molar-refractivity contribution in [3.8, 4) is 11.5 Å². The Morgan fingerprint density at radius 3 is 2.92 bits per heavy atom. The van der Waals surface area contributed by atoms with E-state index in [9.17, 15) is 9.59 Å². The fourth-order valence-electron chi connectivity index (χ4n) is 2.67. The maximum Gasteiger partial charge on any atom is 0.313 e. The molecule has 1 amide bonds. The number of hydrogen-bond acceptors (Lipinski definition) is 5. The second-order valence-corrected chi connectivity index (χ2v) is 6.29. The van der Waals surface area contributed by atoms with Gasteiger partial charge in [0.15, 0.2) is 6.61 Å². The topological polar surface area (TPSA) is 73.9 Å². The van der Waals surface area contributed by atoms with Gasteiger partial charge in [0.05, 0.1) is 13.0 Å². The van der Waals surface area contributed by atoms with E-state index < -0.39 is 17.8 Å². The van der Waals surface area contributed by atoms with Crippen LogP contribution in [-0.2, 0) is 20.7 Å².